The zero-order chi connectivity index (χ0) is 15.2. The summed E-state index contributed by atoms with van der Waals surface area (Å²) >= 11 is 0. The SMILES string of the molecule is CC1CCC(NCC(O)COc2ccccc2F)CC1C. The number of hydrogen-bond acceptors (Lipinski definition) is 3. The van der Waals surface area contributed by atoms with Crippen molar-refractivity contribution in [3.05, 3.63) is 30.1 Å². The van der Waals surface area contributed by atoms with Crippen LogP contribution in [0, 0.1) is 17.7 Å². The Kier molecular flexibility index (Phi) is 6.00. The first kappa shape index (κ1) is 16.2. The van der Waals surface area contributed by atoms with Crippen LogP contribution in [0.1, 0.15) is 33.1 Å². The van der Waals surface area contributed by atoms with E-state index in [2.05, 4.69) is 19.2 Å². The van der Waals surface area contributed by atoms with Crippen LogP contribution in [0.4, 0.5) is 4.39 Å². The van der Waals surface area contributed by atoms with Gasteiger partial charge in [-0.1, -0.05) is 26.0 Å². The van der Waals surface area contributed by atoms with E-state index in [4.69, 9.17) is 4.74 Å². The molecule has 2 rings (SSSR count). The summed E-state index contributed by atoms with van der Waals surface area (Å²) in [6.07, 6.45) is 2.93. The van der Waals surface area contributed by atoms with E-state index < -0.39 is 11.9 Å². The number of benzene rings is 1. The van der Waals surface area contributed by atoms with Crippen molar-refractivity contribution in [1.82, 2.24) is 5.32 Å². The molecule has 1 saturated carbocycles. The zero-order valence-corrected chi connectivity index (χ0v) is 12.9. The second-order valence-electron chi connectivity index (χ2n) is 6.27. The Labute approximate surface area is 126 Å². The third kappa shape index (κ3) is 4.97. The summed E-state index contributed by atoms with van der Waals surface area (Å²) in [7, 11) is 0. The van der Waals surface area contributed by atoms with Crippen LogP contribution < -0.4 is 10.1 Å². The number of para-hydroxylation sites is 1. The van der Waals surface area contributed by atoms with E-state index in [-0.39, 0.29) is 12.4 Å². The second-order valence-corrected chi connectivity index (χ2v) is 6.27. The first-order valence-electron chi connectivity index (χ1n) is 7.85. The predicted molar refractivity (Wildman–Crippen MR) is 81.9 cm³/mol. The van der Waals surface area contributed by atoms with Gasteiger partial charge in [-0.3, -0.25) is 0 Å². The predicted octanol–water partition coefficient (Wildman–Crippen LogP) is 2.98. The first-order chi connectivity index (χ1) is 10.1. The lowest BCUT2D eigenvalue weighted by Crippen LogP contribution is -2.41. The Morgan fingerprint density at radius 1 is 1.29 bits per heavy atom. The lowest BCUT2D eigenvalue weighted by Gasteiger charge is -2.33. The molecule has 0 aromatic heterocycles. The number of rotatable bonds is 6. The van der Waals surface area contributed by atoms with E-state index in [1.54, 1.807) is 18.2 Å². The van der Waals surface area contributed by atoms with E-state index in [0.717, 1.165) is 24.7 Å². The lowest BCUT2D eigenvalue weighted by molar-refractivity contribution is 0.0964. The minimum Gasteiger partial charge on any atom is -0.488 e. The van der Waals surface area contributed by atoms with Gasteiger partial charge in [0.2, 0.25) is 0 Å². The minimum absolute atomic E-state index is 0.104. The molecule has 1 fully saturated rings. The van der Waals surface area contributed by atoms with Crippen molar-refractivity contribution in [2.45, 2.75) is 45.3 Å². The van der Waals surface area contributed by atoms with Gasteiger partial charge in [0.05, 0.1) is 0 Å². The van der Waals surface area contributed by atoms with Crippen molar-refractivity contribution in [2.75, 3.05) is 13.2 Å². The van der Waals surface area contributed by atoms with Crippen LogP contribution in [0.3, 0.4) is 0 Å². The van der Waals surface area contributed by atoms with Crippen molar-refractivity contribution in [1.29, 1.82) is 0 Å². The normalized spacial score (nSPS) is 27.3. The number of aliphatic hydroxyl groups is 1. The largest absolute Gasteiger partial charge is 0.488 e. The van der Waals surface area contributed by atoms with Crippen LogP contribution in [-0.2, 0) is 0 Å². The highest BCUT2D eigenvalue weighted by molar-refractivity contribution is 5.23. The summed E-state index contributed by atoms with van der Waals surface area (Å²) in [5, 5.41) is 13.3. The molecule has 118 valence electrons. The van der Waals surface area contributed by atoms with Crippen molar-refractivity contribution < 1.29 is 14.2 Å². The zero-order valence-electron chi connectivity index (χ0n) is 12.9. The molecule has 0 amide bonds. The van der Waals surface area contributed by atoms with E-state index in [9.17, 15) is 9.50 Å². The number of hydrogen-bond donors (Lipinski definition) is 2. The van der Waals surface area contributed by atoms with Crippen molar-refractivity contribution >= 4 is 0 Å². The summed E-state index contributed by atoms with van der Waals surface area (Å²) in [6.45, 7) is 5.18. The Balaban J connectivity index is 1.68. The smallest absolute Gasteiger partial charge is 0.165 e. The Hall–Kier alpha value is -1.13. The first-order valence-corrected chi connectivity index (χ1v) is 7.85. The topological polar surface area (TPSA) is 41.5 Å². The molecular weight excluding hydrogens is 269 g/mol. The molecule has 1 aliphatic rings. The monoisotopic (exact) mass is 295 g/mol. The molecule has 0 bridgehead atoms. The minimum atomic E-state index is -0.626. The van der Waals surface area contributed by atoms with Gasteiger partial charge >= 0.3 is 0 Å². The molecular formula is C17H26FNO2. The van der Waals surface area contributed by atoms with E-state index >= 15 is 0 Å². The lowest BCUT2D eigenvalue weighted by atomic mass is 9.79. The summed E-state index contributed by atoms with van der Waals surface area (Å²) in [5.74, 6) is 1.31. The average molecular weight is 295 g/mol. The van der Waals surface area contributed by atoms with Gasteiger partial charge in [0, 0.05) is 12.6 Å². The molecule has 4 heteroatoms. The molecule has 0 radical (unpaired) electrons. The maximum absolute atomic E-state index is 13.4. The molecule has 1 aromatic rings. The van der Waals surface area contributed by atoms with Crippen LogP contribution in [0.5, 0.6) is 5.75 Å². The molecule has 4 unspecified atom stereocenters. The molecule has 3 nitrogen and oxygen atoms in total. The average Bonchev–Trinajstić information content (AvgIpc) is 2.47. The van der Waals surface area contributed by atoms with Gasteiger partial charge in [-0.25, -0.2) is 4.39 Å². The fourth-order valence-electron chi connectivity index (χ4n) is 2.84. The Bertz CT molecular complexity index is 441. The molecule has 2 N–H and O–H groups in total. The molecule has 0 saturated heterocycles. The fraction of sp³-hybridized carbons (Fsp3) is 0.647. The molecule has 4 atom stereocenters. The van der Waals surface area contributed by atoms with Gasteiger partial charge in [0.25, 0.3) is 0 Å². The van der Waals surface area contributed by atoms with E-state index in [0.29, 0.717) is 12.6 Å². The highest BCUT2D eigenvalue weighted by Gasteiger charge is 2.24. The van der Waals surface area contributed by atoms with Gasteiger partial charge < -0.3 is 15.2 Å². The summed E-state index contributed by atoms with van der Waals surface area (Å²) in [4.78, 5) is 0. The van der Waals surface area contributed by atoms with Crippen molar-refractivity contribution in [2.24, 2.45) is 11.8 Å². The summed E-state index contributed by atoms with van der Waals surface area (Å²) < 4.78 is 18.7. The maximum atomic E-state index is 13.4. The van der Waals surface area contributed by atoms with Gasteiger partial charge in [-0.05, 0) is 43.2 Å². The van der Waals surface area contributed by atoms with Crippen LogP contribution >= 0.6 is 0 Å². The second kappa shape index (κ2) is 7.76. The van der Waals surface area contributed by atoms with Crippen LogP contribution in [0.15, 0.2) is 24.3 Å². The summed E-state index contributed by atoms with van der Waals surface area (Å²) in [6, 6.07) is 6.72. The molecule has 0 aliphatic heterocycles. The Morgan fingerprint density at radius 2 is 2.05 bits per heavy atom. The van der Waals surface area contributed by atoms with Gasteiger partial charge in [-0.15, -0.1) is 0 Å². The number of ether oxygens (including phenoxy) is 1. The van der Waals surface area contributed by atoms with Crippen molar-refractivity contribution in [3.63, 3.8) is 0 Å². The highest BCUT2D eigenvalue weighted by atomic mass is 19.1. The van der Waals surface area contributed by atoms with E-state index in [1.165, 1.54) is 12.5 Å². The van der Waals surface area contributed by atoms with Gasteiger partial charge in [0.15, 0.2) is 11.6 Å². The Morgan fingerprint density at radius 3 is 2.76 bits per heavy atom. The van der Waals surface area contributed by atoms with Gasteiger partial charge in [-0.2, -0.15) is 0 Å². The van der Waals surface area contributed by atoms with Crippen LogP contribution in [0.25, 0.3) is 0 Å². The van der Waals surface area contributed by atoms with Crippen molar-refractivity contribution in [3.8, 4) is 5.75 Å². The maximum Gasteiger partial charge on any atom is 0.165 e. The third-order valence-corrected chi connectivity index (χ3v) is 4.51. The summed E-state index contributed by atoms with van der Waals surface area (Å²) in [5.41, 5.74) is 0. The molecule has 0 heterocycles. The molecule has 1 aromatic carbocycles. The number of nitrogens with one attached hydrogen (secondary N) is 1. The third-order valence-electron chi connectivity index (χ3n) is 4.51. The molecule has 1 aliphatic carbocycles. The van der Waals surface area contributed by atoms with Crippen LogP contribution in [-0.4, -0.2) is 30.4 Å². The quantitative estimate of drug-likeness (QED) is 0.848. The van der Waals surface area contributed by atoms with Crippen LogP contribution in [0.2, 0.25) is 0 Å². The fourth-order valence-corrected chi connectivity index (χ4v) is 2.84. The molecule has 0 spiro atoms. The number of halogens is 1. The van der Waals surface area contributed by atoms with Gasteiger partial charge in [0.1, 0.15) is 12.7 Å². The highest BCUT2D eigenvalue weighted by Crippen LogP contribution is 2.29. The molecule has 21 heavy (non-hydrogen) atoms. The number of aliphatic hydroxyl groups excluding tert-OH is 1. The standard InChI is InChI=1S/C17H26FNO2/c1-12-7-8-14(9-13(12)2)19-10-15(20)11-21-17-6-4-3-5-16(17)18/h3-6,12-15,19-20H,7-11H2,1-2H3. The van der Waals surface area contributed by atoms with E-state index in [1.807, 2.05) is 0 Å².